The van der Waals surface area contributed by atoms with Crippen LogP contribution in [-0.4, -0.2) is 29.4 Å². The molecule has 0 bridgehead atoms. The van der Waals surface area contributed by atoms with Crippen LogP contribution in [-0.2, 0) is 12.8 Å². The standard InChI is InChI=1S/C19H26N2O2S/c1-7-15-18(14-10-9-13(22-5)11-17(14)23-6)20-16(8-2)19(21-15)24-12(3)4/h9-12H,7-8H2,1-6H3. The summed E-state index contributed by atoms with van der Waals surface area (Å²) in [5.74, 6) is 1.52. The van der Waals surface area contributed by atoms with Gasteiger partial charge in [-0.2, -0.15) is 0 Å². The molecule has 130 valence electrons. The molecule has 0 radical (unpaired) electrons. The minimum Gasteiger partial charge on any atom is -0.497 e. The van der Waals surface area contributed by atoms with E-state index in [0.29, 0.717) is 5.25 Å². The maximum absolute atomic E-state index is 5.56. The van der Waals surface area contributed by atoms with Crippen LogP contribution in [0, 0.1) is 0 Å². The summed E-state index contributed by atoms with van der Waals surface area (Å²) in [6.07, 6.45) is 1.69. The van der Waals surface area contributed by atoms with E-state index in [1.54, 1.807) is 26.0 Å². The number of rotatable bonds is 7. The predicted octanol–water partition coefficient (Wildman–Crippen LogP) is 4.79. The molecule has 1 aromatic carbocycles. The van der Waals surface area contributed by atoms with Crippen LogP contribution in [0.15, 0.2) is 23.2 Å². The maximum Gasteiger partial charge on any atom is 0.132 e. The molecule has 2 aromatic rings. The Morgan fingerprint density at radius 2 is 1.71 bits per heavy atom. The SMILES string of the molecule is CCc1nc(-c2ccc(OC)cc2OC)c(CC)nc1SC(C)C. The summed E-state index contributed by atoms with van der Waals surface area (Å²) in [5, 5.41) is 1.52. The number of methoxy groups -OCH3 is 2. The van der Waals surface area contributed by atoms with E-state index in [1.165, 1.54) is 0 Å². The average molecular weight is 346 g/mol. The monoisotopic (exact) mass is 346 g/mol. The molecule has 0 aliphatic carbocycles. The van der Waals surface area contributed by atoms with E-state index in [1.807, 2.05) is 18.2 Å². The van der Waals surface area contributed by atoms with Gasteiger partial charge in [0.05, 0.1) is 31.3 Å². The van der Waals surface area contributed by atoms with Crippen LogP contribution < -0.4 is 9.47 Å². The summed E-state index contributed by atoms with van der Waals surface area (Å²) < 4.78 is 10.8. The van der Waals surface area contributed by atoms with Crippen LogP contribution in [0.2, 0.25) is 0 Å². The zero-order valence-electron chi connectivity index (χ0n) is 15.3. The Kier molecular flexibility index (Phi) is 6.49. The van der Waals surface area contributed by atoms with Crippen LogP contribution in [0.3, 0.4) is 0 Å². The van der Waals surface area contributed by atoms with Gasteiger partial charge in [-0.15, -0.1) is 11.8 Å². The molecule has 0 saturated heterocycles. The Morgan fingerprint density at radius 1 is 1.00 bits per heavy atom. The largest absolute Gasteiger partial charge is 0.497 e. The molecule has 1 heterocycles. The third-order valence-corrected chi connectivity index (χ3v) is 4.71. The lowest BCUT2D eigenvalue weighted by Crippen LogP contribution is -2.06. The molecule has 5 heteroatoms. The lowest BCUT2D eigenvalue weighted by atomic mass is 10.1. The van der Waals surface area contributed by atoms with Crippen molar-refractivity contribution in [2.45, 2.75) is 50.8 Å². The van der Waals surface area contributed by atoms with Crippen molar-refractivity contribution in [1.82, 2.24) is 9.97 Å². The Balaban J connectivity index is 2.61. The fraction of sp³-hybridized carbons (Fsp3) is 0.474. The quantitative estimate of drug-likeness (QED) is 0.675. The van der Waals surface area contributed by atoms with Crippen LogP contribution in [0.5, 0.6) is 11.5 Å². The third-order valence-electron chi connectivity index (χ3n) is 3.68. The van der Waals surface area contributed by atoms with E-state index in [4.69, 9.17) is 19.4 Å². The topological polar surface area (TPSA) is 44.2 Å². The summed E-state index contributed by atoms with van der Waals surface area (Å²) in [5.41, 5.74) is 3.90. The number of thioether (sulfide) groups is 1. The smallest absolute Gasteiger partial charge is 0.132 e. The number of aromatic nitrogens is 2. The van der Waals surface area contributed by atoms with Crippen molar-refractivity contribution in [3.63, 3.8) is 0 Å². The van der Waals surface area contributed by atoms with Gasteiger partial charge in [0.1, 0.15) is 16.5 Å². The Morgan fingerprint density at radius 3 is 2.25 bits per heavy atom. The highest BCUT2D eigenvalue weighted by molar-refractivity contribution is 7.99. The molecule has 0 fully saturated rings. The molecule has 0 aliphatic heterocycles. The second kappa shape index (κ2) is 8.38. The molecule has 0 aliphatic rings. The molecular formula is C19H26N2O2S. The van der Waals surface area contributed by atoms with Crippen molar-refractivity contribution >= 4 is 11.8 Å². The van der Waals surface area contributed by atoms with Crippen LogP contribution in [0.4, 0.5) is 0 Å². The number of nitrogens with zero attached hydrogens (tertiary/aromatic N) is 2. The molecule has 0 N–H and O–H groups in total. The maximum atomic E-state index is 5.56. The van der Waals surface area contributed by atoms with E-state index in [-0.39, 0.29) is 0 Å². The number of hydrogen-bond donors (Lipinski definition) is 0. The fourth-order valence-electron chi connectivity index (χ4n) is 2.49. The molecule has 0 spiro atoms. The molecule has 0 atom stereocenters. The number of aryl methyl sites for hydroxylation is 2. The van der Waals surface area contributed by atoms with Gasteiger partial charge in [0, 0.05) is 16.9 Å². The Labute approximate surface area is 149 Å². The average Bonchev–Trinajstić information content (AvgIpc) is 2.60. The van der Waals surface area contributed by atoms with Gasteiger partial charge in [-0.3, -0.25) is 0 Å². The molecule has 4 nitrogen and oxygen atoms in total. The van der Waals surface area contributed by atoms with Crippen LogP contribution >= 0.6 is 11.8 Å². The zero-order valence-corrected chi connectivity index (χ0v) is 16.2. The fourth-order valence-corrected chi connectivity index (χ4v) is 3.43. The molecular weight excluding hydrogens is 320 g/mol. The lowest BCUT2D eigenvalue weighted by Gasteiger charge is -2.16. The Bertz CT molecular complexity index is 702. The summed E-state index contributed by atoms with van der Waals surface area (Å²) in [4.78, 5) is 9.86. The van der Waals surface area contributed by atoms with Crippen molar-refractivity contribution < 1.29 is 9.47 Å². The first-order valence-electron chi connectivity index (χ1n) is 8.32. The summed E-state index contributed by atoms with van der Waals surface area (Å²) in [6, 6.07) is 5.82. The first kappa shape index (κ1) is 18.6. The van der Waals surface area contributed by atoms with Gasteiger partial charge in [0.2, 0.25) is 0 Å². The van der Waals surface area contributed by atoms with E-state index in [2.05, 4.69) is 27.7 Å². The number of ether oxygens (including phenoxy) is 2. The highest BCUT2D eigenvalue weighted by atomic mass is 32.2. The number of hydrogen-bond acceptors (Lipinski definition) is 5. The second-order valence-electron chi connectivity index (χ2n) is 5.71. The van der Waals surface area contributed by atoms with Crippen molar-refractivity contribution in [3.8, 4) is 22.8 Å². The first-order chi connectivity index (χ1) is 11.5. The minimum absolute atomic E-state index is 0.482. The zero-order chi connectivity index (χ0) is 17.7. The van der Waals surface area contributed by atoms with E-state index in [9.17, 15) is 0 Å². The lowest BCUT2D eigenvalue weighted by molar-refractivity contribution is 0.395. The van der Waals surface area contributed by atoms with Crippen LogP contribution in [0.1, 0.15) is 39.1 Å². The molecule has 1 aromatic heterocycles. The van der Waals surface area contributed by atoms with E-state index >= 15 is 0 Å². The molecule has 0 amide bonds. The van der Waals surface area contributed by atoms with Gasteiger partial charge >= 0.3 is 0 Å². The summed E-state index contributed by atoms with van der Waals surface area (Å²) >= 11 is 1.77. The predicted molar refractivity (Wildman–Crippen MR) is 100 cm³/mol. The van der Waals surface area contributed by atoms with Gasteiger partial charge in [-0.1, -0.05) is 27.7 Å². The first-order valence-corrected chi connectivity index (χ1v) is 9.20. The minimum atomic E-state index is 0.482. The van der Waals surface area contributed by atoms with E-state index < -0.39 is 0 Å². The normalized spacial score (nSPS) is 11.0. The molecule has 0 unspecified atom stereocenters. The highest BCUT2D eigenvalue weighted by Gasteiger charge is 2.18. The highest BCUT2D eigenvalue weighted by Crippen LogP contribution is 2.36. The summed E-state index contributed by atoms with van der Waals surface area (Å²) in [6.45, 7) is 8.59. The van der Waals surface area contributed by atoms with Gasteiger partial charge < -0.3 is 9.47 Å². The number of benzene rings is 1. The van der Waals surface area contributed by atoms with Crippen LogP contribution in [0.25, 0.3) is 11.3 Å². The molecule has 24 heavy (non-hydrogen) atoms. The van der Waals surface area contributed by atoms with Crippen molar-refractivity contribution in [2.75, 3.05) is 14.2 Å². The van der Waals surface area contributed by atoms with Crippen molar-refractivity contribution in [1.29, 1.82) is 0 Å². The van der Waals surface area contributed by atoms with Gasteiger partial charge in [-0.25, -0.2) is 9.97 Å². The van der Waals surface area contributed by atoms with Crippen molar-refractivity contribution in [3.05, 3.63) is 29.6 Å². The van der Waals surface area contributed by atoms with Crippen molar-refractivity contribution in [2.24, 2.45) is 0 Å². The summed E-state index contributed by atoms with van der Waals surface area (Å²) in [7, 11) is 3.32. The second-order valence-corrected chi connectivity index (χ2v) is 7.28. The molecule has 0 saturated carbocycles. The molecule has 2 rings (SSSR count). The third kappa shape index (κ3) is 4.01. The Hall–Kier alpha value is -1.75. The van der Waals surface area contributed by atoms with Gasteiger partial charge in [0.25, 0.3) is 0 Å². The van der Waals surface area contributed by atoms with Gasteiger partial charge in [0.15, 0.2) is 0 Å². The van der Waals surface area contributed by atoms with E-state index in [0.717, 1.165) is 52.0 Å². The van der Waals surface area contributed by atoms with Gasteiger partial charge in [-0.05, 0) is 25.0 Å².